The fourth-order valence-electron chi connectivity index (χ4n) is 3.63. The highest BCUT2D eigenvalue weighted by Crippen LogP contribution is 2.32. The van der Waals surface area contributed by atoms with E-state index in [1.807, 2.05) is 67.6 Å². The molecule has 3 aromatic carbocycles. The lowest BCUT2D eigenvalue weighted by atomic mass is 9.91. The minimum atomic E-state index is -3.84. The number of nitrogens with zero attached hydrogens (tertiary/aromatic N) is 3. The van der Waals surface area contributed by atoms with Crippen molar-refractivity contribution in [2.45, 2.75) is 12.8 Å². The van der Waals surface area contributed by atoms with Crippen molar-refractivity contribution in [1.29, 1.82) is 0 Å². The fourth-order valence-corrected chi connectivity index (χ4v) is 5.23. The van der Waals surface area contributed by atoms with Crippen LogP contribution in [0.5, 0.6) is 0 Å². The van der Waals surface area contributed by atoms with Crippen LogP contribution in [-0.4, -0.2) is 31.6 Å². The van der Waals surface area contributed by atoms with Crippen LogP contribution in [0.2, 0.25) is 5.02 Å². The Morgan fingerprint density at radius 3 is 2.17 bits per heavy atom. The average molecular weight is 440 g/mol. The predicted molar refractivity (Wildman–Crippen MR) is 122 cm³/mol. The van der Waals surface area contributed by atoms with Gasteiger partial charge in [0, 0.05) is 17.5 Å². The molecule has 0 amide bonds. The van der Waals surface area contributed by atoms with E-state index in [4.69, 9.17) is 11.6 Å². The van der Waals surface area contributed by atoms with Crippen molar-refractivity contribution in [3.8, 4) is 0 Å². The molecule has 0 N–H and O–H groups in total. The molecule has 1 unspecified atom stereocenters. The number of benzene rings is 3. The van der Waals surface area contributed by atoms with Gasteiger partial charge in [-0.15, -0.1) is 0 Å². The van der Waals surface area contributed by atoms with Crippen molar-refractivity contribution in [2.75, 3.05) is 17.4 Å². The Bertz CT molecular complexity index is 1130. The van der Waals surface area contributed by atoms with E-state index in [0.29, 0.717) is 23.0 Å². The van der Waals surface area contributed by atoms with Gasteiger partial charge >= 0.3 is 10.2 Å². The first kappa shape index (κ1) is 20.4. The maximum absolute atomic E-state index is 13.5. The molecule has 0 radical (unpaired) electrons. The van der Waals surface area contributed by atoms with Crippen LogP contribution in [0.15, 0.2) is 90.0 Å². The summed E-state index contributed by atoms with van der Waals surface area (Å²) in [5, 5.41) is 5.21. The van der Waals surface area contributed by atoms with E-state index in [0.717, 1.165) is 11.1 Å². The van der Waals surface area contributed by atoms with Crippen LogP contribution in [-0.2, 0) is 10.2 Å². The minimum Gasteiger partial charge on any atom is -0.252 e. The summed E-state index contributed by atoms with van der Waals surface area (Å²) < 4.78 is 29.6. The predicted octanol–water partition coefficient (Wildman–Crippen LogP) is 4.91. The van der Waals surface area contributed by atoms with E-state index < -0.39 is 10.2 Å². The summed E-state index contributed by atoms with van der Waals surface area (Å²) in [6.07, 6.45) is 0. The van der Waals surface area contributed by atoms with Gasteiger partial charge in [-0.2, -0.15) is 17.9 Å². The molecule has 5 nitrogen and oxygen atoms in total. The molecule has 7 heteroatoms. The van der Waals surface area contributed by atoms with Crippen molar-refractivity contribution < 1.29 is 8.42 Å². The second-order valence-electron chi connectivity index (χ2n) is 6.97. The zero-order chi connectivity index (χ0) is 21.1. The van der Waals surface area contributed by atoms with Gasteiger partial charge in [0.05, 0.1) is 17.9 Å². The summed E-state index contributed by atoms with van der Waals surface area (Å²) in [7, 11) is -3.84. The Morgan fingerprint density at radius 1 is 0.967 bits per heavy atom. The number of para-hydroxylation sites is 1. The molecule has 154 valence electrons. The summed E-state index contributed by atoms with van der Waals surface area (Å²) in [6, 6.07) is 26.3. The van der Waals surface area contributed by atoms with Gasteiger partial charge in [-0.25, -0.2) is 0 Å². The van der Waals surface area contributed by atoms with Gasteiger partial charge in [0.25, 0.3) is 0 Å². The second-order valence-corrected chi connectivity index (χ2v) is 9.16. The smallest absolute Gasteiger partial charge is 0.252 e. The third-order valence-electron chi connectivity index (χ3n) is 5.11. The van der Waals surface area contributed by atoms with Crippen molar-refractivity contribution in [3.63, 3.8) is 0 Å². The van der Waals surface area contributed by atoms with Gasteiger partial charge in [-0.1, -0.05) is 72.3 Å². The Kier molecular flexibility index (Phi) is 5.79. The highest BCUT2D eigenvalue weighted by Gasteiger charge is 2.38. The van der Waals surface area contributed by atoms with Gasteiger partial charge in [0.15, 0.2) is 0 Å². The van der Waals surface area contributed by atoms with Crippen molar-refractivity contribution in [2.24, 2.45) is 5.10 Å². The Hall–Kier alpha value is -2.83. The normalized spacial score (nSPS) is 16.4. The van der Waals surface area contributed by atoms with E-state index in [2.05, 4.69) is 5.10 Å². The SMILES string of the molecule is CCN(c1ccccc1)S(=O)(=O)N1CC(c2ccccc2)C(c2ccc(Cl)cc2)=N1. The molecule has 0 aliphatic carbocycles. The molecule has 3 aromatic rings. The molecule has 0 aromatic heterocycles. The first-order chi connectivity index (χ1) is 14.5. The Balaban J connectivity index is 1.76. The number of hydrazone groups is 1. The summed E-state index contributed by atoms with van der Waals surface area (Å²) in [5.41, 5.74) is 3.21. The number of hydrogen-bond donors (Lipinski definition) is 0. The Morgan fingerprint density at radius 2 is 1.57 bits per heavy atom. The number of rotatable bonds is 6. The molecule has 0 saturated carbocycles. The highest BCUT2D eigenvalue weighted by molar-refractivity contribution is 7.90. The van der Waals surface area contributed by atoms with Crippen LogP contribution >= 0.6 is 11.6 Å². The molecule has 0 fully saturated rings. The quantitative estimate of drug-likeness (QED) is 0.547. The molecule has 0 spiro atoms. The third-order valence-corrected chi connectivity index (χ3v) is 7.15. The average Bonchev–Trinajstić information content (AvgIpc) is 3.22. The van der Waals surface area contributed by atoms with Gasteiger partial charge in [-0.3, -0.25) is 4.31 Å². The number of hydrogen-bond acceptors (Lipinski definition) is 3. The largest absolute Gasteiger partial charge is 0.341 e. The van der Waals surface area contributed by atoms with Crippen LogP contribution in [0.3, 0.4) is 0 Å². The molecule has 1 heterocycles. The summed E-state index contributed by atoms with van der Waals surface area (Å²) in [4.78, 5) is 0. The standard InChI is InChI=1S/C23H22ClN3O2S/c1-2-26(21-11-7-4-8-12-21)30(28,29)27-17-22(18-9-5-3-6-10-18)23(25-27)19-13-15-20(24)16-14-19/h3-16,22H,2,17H2,1H3. The maximum atomic E-state index is 13.5. The summed E-state index contributed by atoms with van der Waals surface area (Å²) in [5.74, 6) is -0.170. The van der Waals surface area contributed by atoms with E-state index in [-0.39, 0.29) is 12.5 Å². The van der Waals surface area contributed by atoms with Crippen LogP contribution in [0.25, 0.3) is 0 Å². The molecule has 30 heavy (non-hydrogen) atoms. The summed E-state index contributed by atoms with van der Waals surface area (Å²) >= 11 is 6.05. The van der Waals surface area contributed by atoms with E-state index in [1.54, 1.807) is 24.3 Å². The monoisotopic (exact) mass is 439 g/mol. The highest BCUT2D eigenvalue weighted by atomic mass is 35.5. The number of halogens is 1. The van der Waals surface area contributed by atoms with Crippen molar-refractivity contribution >= 4 is 33.2 Å². The lowest BCUT2D eigenvalue weighted by Crippen LogP contribution is -2.41. The van der Waals surface area contributed by atoms with Crippen molar-refractivity contribution in [1.82, 2.24) is 4.41 Å². The summed E-state index contributed by atoms with van der Waals surface area (Å²) in [6.45, 7) is 2.37. The maximum Gasteiger partial charge on any atom is 0.341 e. The zero-order valence-electron chi connectivity index (χ0n) is 16.5. The van der Waals surface area contributed by atoms with Crippen LogP contribution in [0.4, 0.5) is 5.69 Å². The zero-order valence-corrected chi connectivity index (χ0v) is 18.1. The minimum absolute atomic E-state index is 0.170. The third kappa shape index (κ3) is 3.93. The van der Waals surface area contributed by atoms with E-state index >= 15 is 0 Å². The van der Waals surface area contributed by atoms with Crippen LogP contribution in [0, 0.1) is 0 Å². The molecule has 1 aliphatic rings. The Labute approximate surface area is 182 Å². The van der Waals surface area contributed by atoms with Gasteiger partial charge in [0.2, 0.25) is 0 Å². The first-order valence-electron chi connectivity index (χ1n) is 9.75. The van der Waals surface area contributed by atoms with Crippen molar-refractivity contribution in [3.05, 3.63) is 101 Å². The van der Waals surface area contributed by atoms with Crippen LogP contribution < -0.4 is 4.31 Å². The molecule has 0 bridgehead atoms. The van der Waals surface area contributed by atoms with Crippen LogP contribution in [0.1, 0.15) is 24.0 Å². The topological polar surface area (TPSA) is 53.0 Å². The van der Waals surface area contributed by atoms with Gasteiger partial charge in [0.1, 0.15) is 0 Å². The molecule has 4 rings (SSSR count). The lowest BCUT2D eigenvalue weighted by Gasteiger charge is -2.27. The fraction of sp³-hybridized carbons (Fsp3) is 0.174. The number of anilines is 1. The first-order valence-corrected chi connectivity index (χ1v) is 11.5. The molecule has 0 saturated heterocycles. The molecule has 1 atom stereocenters. The molecular formula is C23H22ClN3O2S. The van der Waals surface area contributed by atoms with Gasteiger partial charge in [-0.05, 0) is 42.3 Å². The lowest BCUT2D eigenvalue weighted by molar-refractivity contribution is 0.448. The molecule has 1 aliphatic heterocycles. The molecular weight excluding hydrogens is 418 g/mol. The van der Waals surface area contributed by atoms with E-state index in [1.165, 1.54) is 8.72 Å². The second kappa shape index (κ2) is 8.50. The van der Waals surface area contributed by atoms with Gasteiger partial charge < -0.3 is 0 Å². The van der Waals surface area contributed by atoms with E-state index in [9.17, 15) is 8.42 Å².